The van der Waals surface area contributed by atoms with Crippen LogP contribution in [0.5, 0.6) is 5.75 Å². The third-order valence-electron chi connectivity index (χ3n) is 4.80. The van der Waals surface area contributed by atoms with Gasteiger partial charge in [-0.15, -0.1) is 0 Å². The highest BCUT2D eigenvalue weighted by molar-refractivity contribution is 5.30. The normalized spacial score (nSPS) is 31.2. The average Bonchev–Trinajstić information content (AvgIpc) is 3.01. The van der Waals surface area contributed by atoms with Gasteiger partial charge in [0.25, 0.3) is 0 Å². The maximum atomic E-state index is 10.4. The molecule has 2 aliphatic rings. The molecule has 0 spiro atoms. The van der Waals surface area contributed by atoms with E-state index in [1.165, 1.54) is 0 Å². The third-order valence-corrected chi connectivity index (χ3v) is 4.80. The Balaban J connectivity index is 1.60. The van der Waals surface area contributed by atoms with E-state index in [1.54, 1.807) is 7.11 Å². The number of nitrogens with zero attached hydrogens (tertiary/aromatic N) is 1. The second-order valence-corrected chi connectivity index (χ2v) is 6.08. The molecule has 1 aromatic carbocycles. The lowest BCUT2D eigenvalue weighted by atomic mass is 10.00. The Kier molecular flexibility index (Phi) is 3.96. The zero-order valence-corrected chi connectivity index (χ0v) is 11.9. The van der Waals surface area contributed by atoms with Crippen LogP contribution in [-0.2, 0) is 0 Å². The fourth-order valence-corrected chi connectivity index (χ4v) is 3.68. The van der Waals surface area contributed by atoms with Gasteiger partial charge < -0.3 is 14.9 Å². The summed E-state index contributed by atoms with van der Waals surface area (Å²) in [5.41, 5.74) is 0.891. The van der Waals surface area contributed by atoms with Crippen molar-refractivity contribution < 1.29 is 14.9 Å². The van der Waals surface area contributed by atoms with E-state index in [0.717, 1.165) is 37.2 Å². The van der Waals surface area contributed by atoms with Crippen molar-refractivity contribution in [1.82, 2.24) is 4.90 Å². The lowest BCUT2D eigenvalue weighted by Gasteiger charge is -2.22. The van der Waals surface area contributed by atoms with Gasteiger partial charge in [0.2, 0.25) is 0 Å². The Morgan fingerprint density at radius 2 is 2.20 bits per heavy atom. The predicted octanol–water partition coefficient (Wildman–Crippen LogP) is 1.43. The van der Waals surface area contributed by atoms with Gasteiger partial charge in [-0.3, -0.25) is 4.90 Å². The Morgan fingerprint density at radius 3 is 2.95 bits per heavy atom. The molecule has 1 aromatic rings. The minimum Gasteiger partial charge on any atom is -0.497 e. The van der Waals surface area contributed by atoms with E-state index in [-0.39, 0.29) is 6.10 Å². The third kappa shape index (κ3) is 2.68. The molecular formula is C16H23NO3. The lowest BCUT2D eigenvalue weighted by Crippen LogP contribution is -2.29. The first-order chi connectivity index (χ1) is 9.67. The van der Waals surface area contributed by atoms with Crippen molar-refractivity contribution in [2.24, 2.45) is 11.8 Å². The Hall–Kier alpha value is -1.10. The number of fused-ring (bicyclic) bond motifs is 1. The maximum absolute atomic E-state index is 10.4. The number of β-amino-alcohol motifs (C(OH)–C–C–N with tert-alkyl or cyclic N) is 1. The van der Waals surface area contributed by atoms with Gasteiger partial charge in [-0.25, -0.2) is 0 Å². The highest BCUT2D eigenvalue weighted by Crippen LogP contribution is 2.38. The van der Waals surface area contributed by atoms with Crippen LogP contribution in [0.25, 0.3) is 0 Å². The summed E-state index contributed by atoms with van der Waals surface area (Å²) in [5.74, 6) is 1.80. The molecule has 1 aliphatic heterocycles. The van der Waals surface area contributed by atoms with E-state index >= 15 is 0 Å². The Morgan fingerprint density at radius 1 is 1.35 bits per heavy atom. The molecular weight excluding hydrogens is 254 g/mol. The van der Waals surface area contributed by atoms with Crippen LogP contribution < -0.4 is 4.74 Å². The van der Waals surface area contributed by atoms with E-state index in [2.05, 4.69) is 4.90 Å². The predicted molar refractivity (Wildman–Crippen MR) is 76.6 cm³/mol. The highest BCUT2D eigenvalue weighted by Gasteiger charge is 2.41. The molecule has 0 bridgehead atoms. The zero-order valence-electron chi connectivity index (χ0n) is 11.9. The standard InChI is InChI=1S/C16H23NO3/c1-20-13-4-2-3-11(7-13)16(19)10-17-8-12-5-6-15(18)14(12)9-17/h2-4,7,12,14-16,18-19H,5-6,8-10H2,1H3. The summed E-state index contributed by atoms with van der Waals surface area (Å²) in [4.78, 5) is 2.28. The van der Waals surface area contributed by atoms with Gasteiger partial charge >= 0.3 is 0 Å². The van der Waals surface area contributed by atoms with E-state index in [9.17, 15) is 10.2 Å². The largest absolute Gasteiger partial charge is 0.497 e. The molecule has 4 atom stereocenters. The van der Waals surface area contributed by atoms with Gasteiger partial charge in [0, 0.05) is 25.6 Å². The summed E-state index contributed by atoms with van der Waals surface area (Å²) in [6.45, 7) is 2.54. The van der Waals surface area contributed by atoms with Crippen molar-refractivity contribution in [3.8, 4) is 5.75 Å². The van der Waals surface area contributed by atoms with Crippen molar-refractivity contribution >= 4 is 0 Å². The molecule has 4 unspecified atom stereocenters. The number of aliphatic hydroxyl groups excluding tert-OH is 2. The average molecular weight is 277 g/mol. The molecule has 0 aromatic heterocycles. The molecule has 1 saturated carbocycles. The SMILES string of the molecule is COc1cccc(C(O)CN2CC3CCC(O)C3C2)c1. The first kappa shape index (κ1) is 13.9. The monoisotopic (exact) mass is 277 g/mol. The molecule has 20 heavy (non-hydrogen) atoms. The van der Waals surface area contributed by atoms with Gasteiger partial charge in [0.15, 0.2) is 0 Å². The molecule has 1 heterocycles. The van der Waals surface area contributed by atoms with E-state index < -0.39 is 6.10 Å². The van der Waals surface area contributed by atoms with E-state index in [4.69, 9.17) is 4.74 Å². The molecule has 110 valence electrons. The zero-order chi connectivity index (χ0) is 14.1. The fraction of sp³-hybridized carbons (Fsp3) is 0.625. The maximum Gasteiger partial charge on any atom is 0.119 e. The second kappa shape index (κ2) is 5.72. The van der Waals surface area contributed by atoms with Gasteiger partial charge in [-0.2, -0.15) is 0 Å². The summed E-state index contributed by atoms with van der Waals surface area (Å²) < 4.78 is 5.19. The summed E-state index contributed by atoms with van der Waals surface area (Å²) in [5, 5.41) is 20.3. The molecule has 0 radical (unpaired) electrons. The number of methoxy groups -OCH3 is 1. The fourth-order valence-electron chi connectivity index (χ4n) is 3.68. The van der Waals surface area contributed by atoms with Crippen molar-refractivity contribution in [3.63, 3.8) is 0 Å². The van der Waals surface area contributed by atoms with Crippen LogP contribution >= 0.6 is 0 Å². The van der Waals surface area contributed by atoms with Gasteiger partial charge in [0.05, 0.1) is 19.3 Å². The van der Waals surface area contributed by atoms with Crippen molar-refractivity contribution in [2.45, 2.75) is 25.0 Å². The van der Waals surface area contributed by atoms with Crippen LogP contribution in [0.3, 0.4) is 0 Å². The van der Waals surface area contributed by atoms with Crippen molar-refractivity contribution in [3.05, 3.63) is 29.8 Å². The van der Waals surface area contributed by atoms with Gasteiger partial charge in [-0.1, -0.05) is 12.1 Å². The summed E-state index contributed by atoms with van der Waals surface area (Å²) >= 11 is 0. The number of likely N-dealkylation sites (tertiary alicyclic amines) is 1. The van der Waals surface area contributed by atoms with Crippen LogP contribution in [0, 0.1) is 11.8 Å². The highest BCUT2D eigenvalue weighted by atomic mass is 16.5. The van der Waals surface area contributed by atoms with Crippen LogP contribution in [0.4, 0.5) is 0 Å². The number of hydrogen-bond donors (Lipinski definition) is 2. The lowest BCUT2D eigenvalue weighted by molar-refractivity contribution is 0.101. The van der Waals surface area contributed by atoms with E-state index in [1.807, 2.05) is 24.3 Å². The van der Waals surface area contributed by atoms with Crippen LogP contribution in [-0.4, -0.2) is 48.0 Å². The van der Waals surface area contributed by atoms with Crippen LogP contribution in [0.15, 0.2) is 24.3 Å². The Bertz CT molecular complexity index is 465. The summed E-state index contributed by atoms with van der Waals surface area (Å²) in [6, 6.07) is 7.60. The number of ether oxygens (including phenoxy) is 1. The van der Waals surface area contributed by atoms with Crippen LogP contribution in [0.2, 0.25) is 0 Å². The first-order valence-corrected chi connectivity index (χ1v) is 7.40. The van der Waals surface area contributed by atoms with E-state index in [0.29, 0.717) is 18.4 Å². The number of benzene rings is 1. The molecule has 1 saturated heterocycles. The van der Waals surface area contributed by atoms with Crippen LogP contribution in [0.1, 0.15) is 24.5 Å². The minimum atomic E-state index is -0.499. The van der Waals surface area contributed by atoms with Crippen molar-refractivity contribution in [2.75, 3.05) is 26.7 Å². The Labute approximate surface area is 120 Å². The summed E-state index contributed by atoms with van der Waals surface area (Å²) in [7, 11) is 1.63. The summed E-state index contributed by atoms with van der Waals surface area (Å²) in [6.07, 6.45) is 1.43. The molecule has 4 nitrogen and oxygen atoms in total. The second-order valence-electron chi connectivity index (χ2n) is 6.08. The quantitative estimate of drug-likeness (QED) is 0.874. The van der Waals surface area contributed by atoms with Gasteiger partial charge in [-0.05, 0) is 36.5 Å². The first-order valence-electron chi connectivity index (χ1n) is 7.40. The smallest absolute Gasteiger partial charge is 0.119 e. The molecule has 3 rings (SSSR count). The number of aliphatic hydroxyl groups is 2. The number of hydrogen-bond acceptors (Lipinski definition) is 4. The molecule has 1 aliphatic carbocycles. The molecule has 0 amide bonds. The molecule has 2 fully saturated rings. The molecule has 4 heteroatoms. The number of rotatable bonds is 4. The van der Waals surface area contributed by atoms with Crippen molar-refractivity contribution in [1.29, 1.82) is 0 Å². The topological polar surface area (TPSA) is 52.9 Å². The molecule has 2 N–H and O–H groups in total. The minimum absolute atomic E-state index is 0.140. The van der Waals surface area contributed by atoms with Gasteiger partial charge in [0.1, 0.15) is 5.75 Å².